The highest BCUT2D eigenvalue weighted by Crippen LogP contribution is 2.17. The van der Waals surface area contributed by atoms with E-state index in [1.807, 2.05) is 0 Å². The fourth-order valence-corrected chi connectivity index (χ4v) is 0.669. The Labute approximate surface area is 67.8 Å². The number of carbonyl (C=O) groups is 1. The van der Waals surface area contributed by atoms with E-state index in [4.69, 9.17) is 21.1 Å². The van der Waals surface area contributed by atoms with E-state index >= 15 is 0 Å². The Kier molecular flexibility index (Phi) is 2.14. The van der Waals surface area contributed by atoms with E-state index < -0.39 is 11.3 Å². The Morgan fingerprint density at radius 1 is 1.91 bits per heavy atom. The summed E-state index contributed by atoms with van der Waals surface area (Å²) in [7, 11) is 0. The van der Waals surface area contributed by atoms with Gasteiger partial charge in [-0.1, -0.05) is 0 Å². The molecule has 0 aliphatic carbocycles. The zero-order valence-electron chi connectivity index (χ0n) is 5.74. The molecule has 0 radical (unpaired) electrons. The lowest BCUT2D eigenvalue weighted by molar-refractivity contribution is 0.0690. The molecule has 4 nitrogen and oxygen atoms in total. The van der Waals surface area contributed by atoms with Crippen molar-refractivity contribution in [1.29, 1.82) is 0 Å². The van der Waals surface area contributed by atoms with Gasteiger partial charge in [-0.3, -0.25) is 0 Å². The maximum atomic E-state index is 10.3. The van der Waals surface area contributed by atoms with Gasteiger partial charge in [0.15, 0.2) is 5.69 Å². The fraction of sp³-hybridized carbons (Fsp3) is 0.333. The van der Waals surface area contributed by atoms with Gasteiger partial charge in [-0.2, -0.15) is 0 Å². The number of aromatic carboxylic acids is 1. The SMILES string of the molecule is CC(Cl)c1nc(C(=O)O)co1. The van der Waals surface area contributed by atoms with Gasteiger partial charge in [0, 0.05) is 0 Å². The summed E-state index contributed by atoms with van der Waals surface area (Å²) < 4.78 is 4.76. The molecule has 0 spiro atoms. The first-order valence-electron chi connectivity index (χ1n) is 2.94. The van der Waals surface area contributed by atoms with Crippen molar-refractivity contribution in [3.8, 4) is 0 Å². The molecule has 0 bridgehead atoms. The smallest absolute Gasteiger partial charge is 0.357 e. The molecule has 11 heavy (non-hydrogen) atoms. The summed E-state index contributed by atoms with van der Waals surface area (Å²) in [6.07, 6.45) is 1.07. The summed E-state index contributed by atoms with van der Waals surface area (Å²) in [5.41, 5.74) is -0.118. The number of alkyl halides is 1. The van der Waals surface area contributed by atoms with Crippen molar-refractivity contribution >= 4 is 17.6 Å². The molecule has 0 aliphatic rings. The first-order chi connectivity index (χ1) is 5.11. The first kappa shape index (κ1) is 8.07. The summed E-state index contributed by atoms with van der Waals surface area (Å²) in [5.74, 6) is -0.888. The van der Waals surface area contributed by atoms with Crippen LogP contribution in [0.5, 0.6) is 0 Å². The molecule has 0 saturated heterocycles. The highest BCUT2D eigenvalue weighted by atomic mass is 35.5. The average Bonchev–Trinajstić information content (AvgIpc) is 2.33. The van der Waals surface area contributed by atoms with Crippen molar-refractivity contribution in [3.63, 3.8) is 0 Å². The lowest BCUT2D eigenvalue weighted by Gasteiger charge is -1.90. The third kappa shape index (κ3) is 1.71. The highest BCUT2D eigenvalue weighted by Gasteiger charge is 2.13. The maximum Gasteiger partial charge on any atom is 0.357 e. The molecule has 0 fully saturated rings. The molecule has 0 amide bonds. The molecule has 1 N–H and O–H groups in total. The molecule has 0 saturated carbocycles. The second-order valence-corrected chi connectivity index (χ2v) is 2.65. The van der Waals surface area contributed by atoms with Crippen LogP contribution in [0.4, 0.5) is 0 Å². The molecular weight excluding hydrogens is 170 g/mol. The van der Waals surface area contributed by atoms with Crippen LogP contribution in [0.25, 0.3) is 0 Å². The second kappa shape index (κ2) is 2.92. The number of oxazole rings is 1. The minimum absolute atomic E-state index is 0.118. The minimum Gasteiger partial charge on any atom is -0.476 e. The Balaban J connectivity index is 2.90. The number of rotatable bonds is 2. The second-order valence-electron chi connectivity index (χ2n) is 1.99. The number of nitrogens with zero attached hydrogens (tertiary/aromatic N) is 1. The van der Waals surface area contributed by atoms with Crippen LogP contribution in [0.2, 0.25) is 0 Å². The van der Waals surface area contributed by atoms with Crippen LogP contribution >= 0.6 is 11.6 Å². The van der Waals surface area contributed by atoms with Gasteiger partial charge < -0.3 is 9.52 Å². The van der Waals surface area contributed by atoms with Crippen molar-refractivity contribution in [2.75, 3.05) is 0 Å². The van der Waals surface area contributed by atoms with Gasteiger partial charge >= 0.3 is 5.97 Å². The van der Waals surface area contributed by atoms with E-state index in [1.165, 1.54) is 0 Å². The van der Waals surface area contributed by atoms with Gasteiger partial charge in [0.25, 0.3) is 0 Å². The van der Waals surface area contributed by atoms with Crippen molar-refractivity contribution in [2.24, 2.45) is 0 Å². The molecule has 1 atom stereocenters. The van der Waals surface area contributed by atoms with Gasteiger partial charge in [0.2, 0.25) is 5.89 Å². The van der Waals surface area contributed by atoms with E-state index in [-0.39, 0.29) is 11.6 Å². The number of hydrogen-bond donors (Lipinski definition) is 1. The Morgan fingerprint density at radius 3 is 2.82 bits per heavy atom. The Morgan fingerprint density at radius 2 is 2.55 bits per heavy atom. The quantitative estimate of drug-likeness (QED) is 0.695. The molecule has 1 unspecified atom stereocenters. The number of carboxylic acid groups (broad SMARTS) is 1. The van der Waals surface area contributed by atoms with Crippen LogP contribution in [0.15, 0.2) is 10.7 Å². The number of aromatic nitrogens is 1. The maximum absolute atomic E-state index is 10.3. The lowest BCUT2D eigenvalue weighted by atomic mass is 10.5. The summed E-state index contributed by atoms with van der Waals surface area (Å²) >= 11 is 5.57. The lowest BCUT2D eigenvalue weighted by Crippen LogP contribution is -1.96. The zero-order valence-corrected chi connectivity index (χ0v) is 6.50. The van der Waals surface area contributed by atoms with Gasteiger partial charge in [-0.25, -0.2) is 9.78 Å². The molecule has 1 rings (SSSR count). The predicted molar refractivity (Wildman–Crippen MR) is 37.7 cm³/mol. The van der Waals surface area contributed by atoms with Gasteiger partial charge in [0.1, 0.15) is 11.6 Å². The van der Waals surface area contributed by atoms with Crippen molar-refractivity contribution in [1.82, 2.24) is 4.98 Å². The largest absolute Gasteiger partial charge is 0.476 e. The van der Waals surface area contributed by atoms with E-state index in [1.54, 1.807) is 6.92 Å². The van der Waals surface area contributed by atoms with E-state index in [2.05, 4.69) is 4.98 Å². The number of carboxylic acids is 1. The van der Waals surface area contributed by atoms with Crippen LogP contribution in [0.3, 0.4) is 0 Å². The fourth-order valence-electron chi connectivity index (χ4n) is 0.569. The zero-order chi connectivity index (χ0) is 8.43. The van der Waals surface area contributed by atoms with Gasteiger partial charge in [0.05, 0.1) is 0 Å². The van der Waals surface area contributed by atoms with E-state index in [0.29, 0.717) is 0 Å². The monoisotopic (exact) mass is 175 g/mol. The third-order valence-corrected chi connectivity index (χ3v) is 1.27. The van der Waals surface area contributed by atoms with Crippen LogP contribution in [-0.4, -0.2) is 16.1 Å². The third-order valence-electron chi connectivity index (χ3n) is 1.08. The van der Waals surface area contributed by atoms with Crippen LogP contribution in [0, 0.1) is 0 Å². The molecular formula is C6H6ClNO3. The van der Waals surface area contributed by atoms with Gasteiger partial charge in [-0.05, 0) is 6.92 Å². The van der Waals surface area contributed by atoms with Crippen molar-refractivity contribution in [2.45, 2.75) is 12.3 Å². The van der Waals surface area contributed by atoms with E-state index in [9.17, 15) is 4.79 Å². The normalized spacial score (nSPS) is 12.9. The topological polar surface area (TPSA) is 63.3 Å². The van der Waals surface area contributed by atoms with Crippen molar-refractivity contribution < 1.29 is 14.3 Å². The van der Waals surface area contributed by atoms with Gasteiger partial charge in [-0.15, -0.1) is 11.6 Å². The molecule has 1 aromatic rings. The van der Waals surface area contributed by atoms with Crippen molar-refractivity contribution in [3.05, 3.63) is 17.8 Å². The molecule has 5 heteroatoms. The molecule has 1 aromatic heterocycles. The average molecular weight is 176 g/mol. The summed E-state index contributed by atoms with van der Waals surface area (Å²) in [6, 6.07) is 0. The summed E-state index contributed by atoms with van der Waals surface area (Å²) in [4.78, 5) is 13.9. The Bertz CT molecular complexity index is 269. The van der Waals surface area contributed by atoms with E-state index in [0.717, 1.165) is 6.26 Å². The van der Waals surface area contributed by atoms with Crippen LogP contribution in [0.1, 0.15) is 28.7 Å². The number of halogens is 1. The number of hydrogen-bond acceptors (Lipinski definition) is 3. The molecule has 60 valence electrons. The summed E-state index contributed by atoms with van der Waals surface area (Å²) in [6.45, 7) is 1.65. The van der Waals surface area contributed by atoms with Crippen LogP contribution in [-0.2, 0) is 0 Å². The first-order valence-corrected chi connectivity index (χ1v) is 3.37. The predicted octanol–water partition coefficient (Wildman–Crippen LogP) is 1.67. The summed E-state index contributed by atoms with van der Waals surface area (Å²) in [5, 5.41) is 8.01. The molecule has 0 aliphatic heterocycles. The highest BCUT2D eigenvalue weighted by molar-refractivity contribution is 6.20. The molecule has 1 heterocycles. The minimum atomic E-state index is -1.11. The van der Waals surface area contributed by atoms with Crippen LogP contribution < -0.4 is 0 Å². The molecule has 0 aromatic carbocycles. The Hall–Kier alpha value is -1.03. The standard InChI is InChI=1S/C6H6ClNO3/c1-3(7)5-8-4(2-11-5)6(9)10/h2-3H,1H3,(H,9,10).